The Hall–Kier alpha value is -0.940. The van der Waals surface area contributed by atoms with Crippen LogP contribution in [0.2, 0.25) is 0 Å². The molecule has 2 saturated heterocycles. The third-order valence-corrected chi connectivity index (χ3v) is 3.47. The Morgan fingerprint density at radius 2 is 1.89 bits per heavy atom. The van der Waals surface area contributed by atoms with Gasteiger partial charge in [-0.2, -0.15) is 0 Å². The lowest BCUT2D eigenvalue weighted by molar-refractivity contribution is -0.313. The van der Waals surface area contributed by atoms with Crippen LogP contribution in [0.5, 0.6) is 0 Å². The number of rotatable bonds is 2. The predicted molar refractivity (Wildman–Crippen MR) is 64.9 cm³/mol. The first kappa shape index (κ1) is 12.1. The van der Waals surface area contributed by atoms with Gasteiger partial charge in [-0.25, -0.2) is 0 Å². The van der Waals surface area contributed by atoms with Crippen molar-refractivity contribution in [2.45, 2.75) is 37.6 Å². The average Bonchev–Trinajstić information content (AvgIpc) is 2.47. The zero-order chi connectivity index (χ0) is 12.4. The fraction of sp³-hybridized carbons (Fsp3) is 0.571. The van der Waals surface area contributed by atoms with E-state index in [1.54, 1.807) is 7.11 Å². The Kier molecular flexibility index (Phi) is 3.61. The summed E-state index contributed by atoms with van der Waals surface area (Å²) in [6, 6.07) is 10.0. The van der Waals surface area contributed by atoms with E-state index in [2.05, 4.69) is 0 Å². The Bertz CT molecular complexity index is 381. The molecule has 18 heavy (non-hydrogen) atoms. The third kappa shape index (κ3) is 2.42. The normalized spacial score (nSPS) is 36.1. The first-order valence-corrected chi connectivity index (χ1v) is 6.37. The highest BCUT2D eigenvalue weighted by Gasteiger charge is 2.38. The summed E-state index contributed by atoms with van der Waals surface area (Å²) < 4.78 is 22.7. The lowest BCUT2D eigenvalue weighted by Gasteiger charge is -2.41. The number of hydrogen-bond acceptors (Lipinski definition) is 4. The fourth-order valence-electron chi connectivity index (χ4n) is 2.48. The van der Waals surface area contributed by atoms with Crippen molar-refractivity contribution in [1.82, 2.24) is 0 Å². The van der Waals surface area contributed by atoms with Crippen molar-refractivity contribution in [3.05, 3.63) is 35.9 Å². The second-order valence-electron chi connectivity index (χ2n) is 4.67. The van der Waals surface area contributed by atoms with Crippen molar-refractivity contribution in [3.8, 4) is 0 Å². The summed E-state index contributed by atoms with van der Waals surface area (Å²) in [6.45, 7) is 0.560. The van der Waals surface area contributed by atoms with Crippen molar-refractivity contribution >= 4 is 0 Å². The van der Waals surface area contributed by atoms with Crippen molar-refractivity contribution in [3.63, 3.8) is 0 Å². The molecule has 0 radical (unpaired) electrons. The van der Waals surface area contributed by atoms with E-state index in [9.17, 15) is 0 Å². The maximum atomic E-state index is 5.97. The van der Waals surface area contributed by atoms with Crippen LogP contribution in [-0.2, 0) is 18.9 Å². The molecule has 2 heterocycles. The van der Waals surface area contributed by atoms with Gasteiger partial charge in [0.05, 0.1) is 12.7 Å². The number of benzene rings is 1. The van der Waals surface area contributed by atoms with E-state index >= 15 is 0 Å². The van der Waals surface area contributed by atoms with E-state index < -0.39 is 0 Å². The second kappa shape index (κ2) is 5.36. The molecule has 2 aliphatic heterocycles. The molecule has 0 saturated carbocycles. The summed E-state index contributed by atoms with van der Waals surface area (Å²) in [6.07, 6.45) is 1.54. The maximum absolute atomic E-state index is 5.97. The largest absolute Gasteiger partial charge is 0.356 e. The Morgan fingerprint density at radius 3 is 2.67 bits per heavy atom. The van der Waals surface area contributed by atoms with Crippen molar-refractivity contribution in [1.29, 1.82) is 0 Å². The summed E-state index contributed by atoms with van der Waals surface area (Å²) >= 11 is 0. The lowest BCUT2D eigenvalue weighted by Crippen LogP contribution is -2.48. The lowest BCUT2D eigenvalue weighted by atomic mass is 10.0. The van der Waals surface area contributed by atoms with E-state index in [1.165, 1.54) is 0 Å². The van der Waals surface area contributed by atoms with Gasteiger partial charge in [0.15, 0.2) is 12.6 Å². The van der Waals surface area contributed by atoms with Crippen molar-refractivity contribution in [2.75, 3.05) is 13.7 Å². The third-order valence-electron chi connectivity index (χ3n) is 3.47. The highest BCUT2D eigenvalue weighted by Crippen LogP contribution is 2.33. The van der Waals surface area contributed by atoms with Crippen LogP contribution in [0.25, 0.3) is 0 Å². The minimum Gasteiger partial charge on any atom is -0.356 e. The number of fused-ring (bicyclic) bond motifs is 1. The van der Waals surface area contributed by atoms with Gasteiger partial charge in [-0.15, -0.1) is 0 Å². The molecule has 0 N–H and O–H groups in total. The van der Waals surface area contributed by atoms with E-state index in [0.717, 1.165) is 18.4 Å². The summed E-state index contributed by atoms with van der Waals surface area (Å²) in [4.78, 5) is 0. The van der Waals surface area contributed by atoms with Gasteiger partial charge >= 0.3 is 0 Å². The van der Waals surface area contributed by atoms with Crippen LogP contribution in [0.15, 0.2) is 30.3 Å². The Labute approximate surface area is 107 Å². The molecule has 1 aromatic rings. The monoisotopic (exact) mass is 250 g/mol. The van der Waals surface area contributed by atoms with Gasteiger partial charge < -0.3 is 18.9 Å². The first-order chi connectivity index (χ1) is 8.86. The van der Waals surface area contributed by atoms with Crippen LogP contribution in [0.4, 0.5) is 0 Å². The molecule has 0 bridgehead atoms. The minimum absolute atomic E-state index is 0.0105. The molecule has 0 amide bonds. The van der Waals surface area contributed by atoms with Gasteiger partial charge in [-0.3, -0.25) is 0 Å². The highest BCUT2D eigenvalue weighted by molar-refractivity contribution is 5.16. The maximum Gasteiger partial charge on any atom is 0.184 e. The molecule has 4 nitrogen and oxygen atoms in total. The van der Waals surface area contributed by atoms with Gasteiger partial charge in [-0.05, 0) is 6.42 Å². The molecular weight excluding hydrogens is 232 g/mol. The van der Waals surface area contributed by atoms with E-state index in [-0.39, 0.29) is 24.8 Å². The molecule has 0 aliphatic carbocycles. The summed E-state index contributed by atoms with van der Waals surface area (Å²) in [5.74, 6) is 0. The molecule has 0 aromatic heterocycles. The second-order valence-corrected chi connectivity index (χ2v) is 4.67. The molecule has 4 heteroatoms. The zero-order valence-electron chi connectivity index (χ0n) is 10.5. The molecule has 0 spiro atoms. The smallest absolute Gasteiger partial charge is 0.184 e. The minimum atomic E-state index is -0.268. The zero-order valence-corrected chi connectivity index (χ0v) is 10.5. The van der Waals surface area contributed by atoms with Crippen LogP contribution < -0.4 is 0 Å². The predicted octanol–water partition coefficient (Wildman–Crippen LogP) is 2.25. The summed E-state index contributed by atoms with van der Waals surface area (Å²) in [7, 11) is 1.67. The standard InChI is InChI=1S/C14H18O4/c1-15-13-8-7-11-12(17-13)9-16-14(18-11)10-5-3-2-4-6-10/h2-6,11-14H,7-9H2,1H3/t11-,12+,13+,14?/m0/s1. The van der Waals surface area contributed by atoms with Gasteiger partial charge in [0.2, 0.25) is 0 Å². The Morgan fingerprint density at radius 1 is 1.06 bits per heavy atom. The highest BCUT2D eigenvalue weighted by atomic mass is 16.7. The van der Waals surface area contributed by atoms with E-state index in [0.29, 0.717) is 6.61 Å². The molecule has 98 valence electrons. The van der Waals surface area contributed by atoms with Gasteiger partial charge in [0.1, 0.15) is 6.10 Å². The fourth-order valence-corrected chi connectivity index (χ4v) is 2.48. The van der Waals surface area contributed by atoms with E-state index in [1.807, 2.05) is 30.3 Å². The van der Waals surface area contributed by atoms with Gasteiger partial charge in [0, 0.05) is 19.1 Å². The molecular formula is C14H18O4. The van der Waals surface area contributed by atoms with Crippen LogP contribution in [0, 0.1) is 0 Å². The van der Waals surface area contributed by atoms with E-state index in [4.69, 9.17) is 18.9 Å². The number of ether oxygens (including phenoxy) is 4. The quantitative estimate of drug-likeness (QED) is 0.806. The molecule has 1 unspecified atom stereocenters. The number of methoxy groups -OCH3 is 1. The summed E-state index contributed by atoms with van der Waals surface area (Å²) in [5, 5.41) is 0. The van der Waals surface area contributed by atoms with Crippen LogP contribution >= 0.6 is 0 Å². The molecule has 1 aromatic carbocycles. The molecule has 4 atom stereocenters. The van der Waals surface area contributed by atoms with Gasteiger partial charge in [-0.1, -0.05) is 30.3 Å². The first-order valence-electron chi connectivity index (χ1n) is 6.37. The SMILES string of the molecule is CO[C@H]1CC[C@@H]2OC(c3ccccc3)OC[C@H]2O1. The summed E-state index contributed by atoms with van der Waals surface area (Å²) in [5.41, 5.74) is 1.06. The Balaban J connectivity index is 1.65. The van der Waals surface area contributed by atoms with Gasteiger partial charge in [0.25, 0.3) is 0 Å². The molecule has 3 rings (SSSR count). The average molecular weight is 250 g/mol. The van der Waals surface area contributed by atoms with Crippen LogP contribution in [0.3, 0.4) is 0 Å². The van der Waals surface area contributed by atoms with Crippen LogP contribution in [-0.4, -0.2) is 32.2 Å². The van der Waals surface area contributed by atoms with Crippen molar-refractivity contribution < 1.29 is 18.9 Å². The number of hydrogen-bond donors (Lipinski definition) is 0. The van der Waals surface area contributed by atoms with Crippen LogP contribution in [0.1, 0.15) is 24.7 Å². The molecule has 2 aliphatic rings. The van der Waals surface area contributed by atoms with Crippen molar-refractivity contribution in [2.24, 2.45) is 0 Å². The topological polar surface area (TPSA) is 36.9 Å². The molecule has 2 fully saturated rings.